The topological polar surface area (TPSA) is 95.6 Å². The van der Waals surface area contributed by atoms with Crippen molar-refractivity contribution in [1.29, 1.82) is 0 Å². The zero-order valence-corrected chi connectivity index (χ0v) is 20.3. The molecule has 0 atom stereocenters. The van der Waals surface area contributed by atoms with Crippen LogP contribution in [0, 0.1) is 0 Å². The first-order valence-electron chi connectivity index (χ1n) is 12.0. The van der Waals surface area contributed by atoms with Gasteiger partial charge < -0.3 is 20.3 Å². The molecule has 9 heteroatoms. The van der Waals surface area contributed by atoms with Crippen molar-refractivity contribution in [2.24, 2.45) is 0 Å². The molecule has 2 aliphatic heterocycles. The van der Waals surface area contributed by atoms with E-state index in [1.807, 2.05) is 18.2 Å². The maximum Gasteiger partial charge on any atom is 0.259 e. The lowest BCUT2D eigenvalue weighted by molar-refractivity contribution is 0.101. The summed E-state index contributed by atoms with van der Waals surface area (Å²) in [6.07, 6.45) is 5.83. The van der Waals surface area contributed by atoms with Crippen molar-refractivity contribution in [3.63, 3.8) is 0 Å². The third-order valence-corrected chi connectivity index (χ3v) is 7.02. The normalized spacial score (nSPS) is 16.2. The standard InChI is InChI=1S/C26H29N5O3S/c32-24(30-26-28-13-16-35-26)20-5-1-2-6-22(20)29-25(33)21-8-7-18(31-14-3-4-15-31)17-23(21)34-19-9-11-27-12-10-19/h1-2,5-8,13,16-17,19,27H,3-4,9-12,14-15H2,(H,29,33)(H,28,30,32). The Labute approximate surface area is 208 Å². The average Bonchev–Trinajstić information content (AvgIpc) is 3.60. The summed E-state index contributed by atoms with van der Waals surface area (Å²) < 4.78 is 6.38. The van der Waals surface area contributed by atoms with Gasteiger partial charge in [0.15, 0.2) is 5.13 Å². The van der Waals surface area contributed by atoms with E-state index >= 15 is 0 Å². The molecule has 0 unspecified atom stereocenters. The lowest BCUT2D eigenvalue weighted by atomic mass is 10.1. The summed E-state index contributed by atoms with van der Waals surface area (Å²) in [7, 11) is 0. The highest BCUT2D eigenvalue weighted by molar-refractivity contribution is 7.13. The fraction of sp³-hybridized carbons (Fsp3) is 0.346. The number of amides is 2. The molecule has 3 aromatic rings. The first-order chi connectivity index (χ1) is 17.2. The van der Waals surface area contributed by atoms with Gasteiger partial charge >= 0.3 is 0 Å². The highest BCUT2D eigenvalue weighted by atomic mass is 32.1. The second kappa shape index (κ2) is 10.9. The SMILES string of the molecule is O=C(Nc1nccs1)c1ccccc1NC(=O)c1ccc(N2CCCC2)cc1OC1CCNCC1. The van der Waals surface area contributed by atoms with Crippen molar-refractivity contribution >= 4 is 39.7 Å². The Balaban J connectivity index is 1.39. The van der Waals surface area contributed by atoms with Crippen LogP contribution in [0.5, 0.6) is 5.75 Å². The number of aromatic nitrogens is 1. The summed E-state index contributed by atoms with van der Waals surface area (Å²) >= 11 is 1.34. The summed E-state index contributed by atoms with van der Waals surface area (Å²) in [5, 5.41) is 11.4. The predicted molar refractivity (Wildman–Crippen MR) is 139 cm³/mol. The van der Waals surface area contributed by atoms with E-state index in [1.165, 1.54) is 24.2 Å². The van der Waals surface area contributed by atoms with Crippen LogP contribution in [0.25, 0.3) is 0 Å². The molecular formula is C26H29N5O3S. The quantitative estimate of drug-likeness (QED) is 0.454. The molecule has 5 rings (SSSR count). The fourth-order valence-electron chi connectivity index (χ4n) is 4.49. The number of anilines is 3. The number of nitrogens with zero attached hydrogens (tertiary/aromatic N) is 2. The lowest BCUT2D eigenvalue weighted by Gasteiger charge is -2.26. The molecule has 0 aliphatic carbocycles. The van der Waals surface area contributed by atoms with Gasteiger partial charge in [-0.1, -0.05) is 12.1 Å². The number of para-hydroxylation sites is 1. The van der Waals surface area contributed by atoms with E-state index in [2.05, 4.69) is 25.8 Å². The monoisotopic (exact) mass is 491 g/mol. The minimum absolute atomic E-state index is 0.0630. The van der Waals surface area contributed by atoms with Crippen LogP contribution in [0.1, 0.15) is 46.4 Å². The Bertz CT molecular complexity index is 1170. The number of thiazole rings is 1. The number of benzene rings is 2. The van der Waals surface area contributed by atoms with Gasteiger partial charge in [-0.05, 0) is 63.0 Å². The lowest BCUT2D eigenvalue weighted by Crippen LogP contribution is -2.34. The Kier molecular flexibility index (Phi) is 7.25. The van der Waals surface area contributed by atoms with Gasteiger partial charge in [-0.2, -0.15) is 0 Å². The van der Waals surface area contributed by atoms with Crippen molar-refractivity contribution in [1.82, 2.24) is 10.3 Å². The number of piperidine rings is 1. The Morgan fingerprint density at radius 3 is 2.54 bits per heavy atom. The largest absolute Gasteiger partial charge is 0.489 e. The zero-order chi connectivity index (χ0) is 24.0. The summed E-state index contributed by atoms with van der Waals surface area (Å²) in [4.78, 5) is 32.7. The molecule has 0 spiro atoms. The number of ether oxygens (including phenoxy) is 1. The van der Waals surface area contributed by atoms with E-state index in [4.69, 9.17) is 4.74 Å². The Morgan fingerprint density at radius 2 is 1.77 bits per heavy atom. The van der Waals surface area contributed by atoms with E-state index in [9.17, 15) is 9.59 Å². The smallest absolute Gasteiger partial charge is 0.259 e. The van der Waals surface area contributed by atoms with Crippen molar-refractivity contribution < 1.29 is 14.3 Å². The van der Waals surface area contributed by atoms with E-state index in [1.54, 1.807) is 35.8 Å². The van der Waals surface area contributed by atoms with Crippen LogP contribution < -0.4 is 25.6 Å². The van der Waals surface area contributed by atoms with Crippen LogP contribution in [0.4, 0.5) is 16.5 Å². The molecule has 35 heavy (non-hydrogen) atoms. The summed E-state index contributed by atoms with van der Waals surface area (Å²) in [5.41, 5.74) is 2.33. The zero-order valence-electron chi connectivity index (χ0n) is 19.5. The minimum atomic E-state index is -0.327. The van der Waals surface area contributed by atoms with Crippen LogP contribution in [-0.2, 0) is 0 Å². The predicted octanol–water partition coefficient (Wildman–Crippen LogP) is 4.38. The fourth-order valence-corrected chi connectivity index (χ4v) is 5.01. The van der Waals surface area contributed by atoms with Crippen molar-refractivity contribution in [3.8, 4) is 5.75 Å². The average molecular weight is 492 g/mol. The Morgan fingerprint density at radius 1 is 1.00 bits per heavy atom. The first kappa shape index (κ1) is 23.3. The third-order valence-electron chi connectivity index (χ3n) is 6.33. The molecule has 3 heterocycles. The molecule has 8 nitrogen and oxygen atoms in total. The van der Waals surface area contributed by atoms with Gasteiger partial charge in [-0.3, -0.25) is 14.9 Å². The van der Waals surface area contributed by atoms with E-state index in [0.717, 1.165) is 44.7 Å². The second-order valence-electron chi connectivity index (χ2n) is 8.73. The molecular weight excluding hydrogens is 462 g/mol. The maximum absolute atomic E-state index is 13.4. The van der Waals surface area contributed by atoms with Crippen molar-refractivity contribution in [2.75, 3.05) is 41.7 Å². The summed E-state index contributed by atoms with van der Waals surface area (Å²) in [6.45, 7) is 3.83. The molecule has 2 fully saturated rings. The Hall–Kier alpha value is -3.43. The molecule has 1 aromatic heterocycles. The number of hydrogen-bond donors (Lipinski definition) is 3. The maximum atomic E-state index is 13.4. The van der Waals surface area contributed by atoms with Crippen LogP contribution in [-0.4, -0.2) is 49.1 Å². The van der Waals surface area contributed by atoms with E-state index in [-0.39, 0.29) is 17.9 Å². The minimum Gasteiger partial charge on any atom is -0.489 e. The van der Waals surface area contributed by atoms with Crippen LogP contribution in [0.3, 0.4) is 0 Å². The molecule has 3 N–H and O–H groups in total. The molecule has 2 saturated heterocycles. The summed E-state index contributed by atoms with van der Waals surface area (Å²) in [5.74, 6) is -0.0497. The highest BCUT2D eigenvalue weighted by Gasteiger charge is 2.23. The van der Waals surface area contributed by atoms with Crippen LogP contribution in [0.2, 0.25) is 0 Å². The number of carbonyl (C=O) groups excluding carboxylic acids is 2. The van der Waals surface area contributed by atoms with Gasteiger partial charge in [-0.15, -0.1) is 11.3 Å². The third kappa shape index (κ3) is 5.63. The first-order valence-corrected chi connectivity index (χ1v) is 12.9. The van der Waals surface area contributed by atoms with Gasteiger partial charge in [0.05, 0.1) is 16.8 Å². The highest BCUT2D eigenvalue weighted by Crippen LogP contribution is 2.31. The molecule has 182 valence electrons. The molecule has 0 saturated carbocycles. The number of hydrogen-bond acceptors (Lipinski definition) is 7. The number of nitrogens with one attached hydrogen (secondary N) is 3. The molecule has 0 bridgehead atoms. The van der Waals surface area contributed by atoms with Gasteiger partial charge in [0.2, 0.25) is 0 Å². The summed E-state index contributed by atoms with van der Waals surface area (Å²) in [6, 6.07) is 12.8. The van der Waals surface area contributed by atoms with Gasteiger partial charge in [0, 0.05) is 36.4 Å². The van der Waals surface area contributed by atoms with Crippen molar-refractivity contribution in [3.05, 3.63) is 65.2 Å². The molecule has 2 aromatic carbocycles. The van der Waals surface area contributed by atoms with E-state index < -0.39 is 0 Å². The van der Waals surface area contributed by atoms with Crippen LogP contribution in [0.15, 0.2) is 54.0 Å². The van der Waals surface area contributed by atoms with Crippen LogP contribution >= 0.6 is 11.3 Å². The number of carbonyl (C=O) groups is 2. The molecule has 2 amide bonds. The van der Waals surface area contributed by atoms with Crippen molar-refractivity contribution in [2.45, 2.75) is 31.8 Å². The second-order valence-corrected chi connectivity index (χ2v) is 9.63. The van der Waals surface area contributed by atoms with Gasteiger partial charge in [0.25, 0.3) is 11.8 Å². The van der Waals surface area contributed by atoms with Gasteiger partial charge in [0.1, 0.15) is 11.9 Å². The van der Waals surface area contributed by atoms with E-state index in [0.29, 0.717) is 27.7 Å². The molecule has 0 radical (unpaired) electrons. The molecule has 2 aliphatic rings. The van der Waals surface area contributed by atoms with Gasteiger partial charge in [-0.25, -0.2) is 4.98 Å². The number of rotatable bonds is 7.